The van der Waals surface area contributed by atoms with Gasteiger partial charge in [-0.1, -0.05) is 6.07 Å². The fourth-order valence-electron chi connectivity index (χ4n) is 3.03. The summed E-state index contributed by atoms with van der Waals surface area (Å²) in [7, 11) is 1.62. The Morgan fingerprint density at radius 1 is 1.43 bits per heavy atom. The number of nitrogens with zero attached hydrogens (tertiary/aromatic N) is 2. The number of hydrogen-bond donors (Lipinski definition) is 2. The first-order chi connectivity index (χ1) is 11.0. The number of carboxylic acid groups (broad SMARTS) is 1. The number of hydrogen-bond acceptors (Lipinski definition) is 3. The molecule has 0 saturated carbocycles. The number of rotatable bonds is 4. The van der Waals surface area contributed by atoms with Crippen LogP contribution in [0.2, 0.25) is 0 Å². The molecule has 1 aromatic heterocycles. The highest BCUT2D eigenvalue weighted by atomic mass is 19.1. The Morgan fingerprint density at radius 3 is 2.87 bits per heavy atom. The minimum atomic E-state index is -1.17. The van der Waals surface area contributed by atoms with Crippen molar-refractivity contribution < 1.29 is 19.1 Å². The molecule has 23 heavy (non-hydrogen) atoms. The van der Waals surface area contributed by atoms with Gasteiger partial charge in [0.1, 0.15) is 5.82 Å². The third-order valence-corrected chi connectivity index (χ3v) is 4.19. The van der Waals surface area contributed by atoms with E-state index in [1.54, 1.807) is 19.2 Å². The quantitative estimate of drug-likeness (QED) is 0.896. The van der Waals surface area contributed by atoms with Gasteiger partial charge in [-0.05, 0) is 42.2 Å². The van der Waals surface area contributed by atoms with Crippen LogP contribution in [-0.2, 0) is 23.1 Å². The van der Waals surface area contributed by atoms with Crippen LogP contribution in [0, 0.1) is 5.82 Å². The summed E-state index contributed by atoms with van der Waals surface area (Å²) < 4.78 is 14.7. The lowest BCUT2D eigenvalue weighted by molar-refractivity contribution is -0.142. The second kappa shape index (κ2) is 5.83. The molecule has 0 bridgehead atoms. The lowest BCUT2D eigenvalue weighted by atomic mass is 9.99. The highest BCUT2D eigenvalue weighted by Gasteiger charge is 2.33. The molecule has 1 aliphatic rings. The van der Waals surface area contributed by atoms with Crippen LogP contribution in [0.15, 0.2) is 30.5 Å². The Bertz CT molecular complexity index is 772. The van der Waals surface area contributed by atoms with Crippen molar-refractivity contribution >= 4 is 11.9 Å². The van der Waals surface area contributed by atoms with E-state index in [-0.39, 0.29) is 11.7 Å². The van der Waals surface area contributed by atoms with Crippen LogP contribution in [0.1, 0.15) is 35.2 Å². The van der Waals surface area contributed by atoms with Gasteiger partial charge < -0.3 is 10.4 Å². The van der Waals surface area contributed by atoms with Crippen molar-refractivity contribution in [2.45, 2.75) is 24.8 Å². The highest BCUT2D eigenvalue weighted by Crippen LogP contribution is 2.34. The van der Waals surface area contributed by atoms with Crippen LogP contribution in [0.4, 0.5) is 4.39 Å². The summed E-state index contributed by atoms with van der Waals surface area (Å²) >= 11 is 0. The van der Waals surface area contributed by atoms with E-state index < -0.39 is 17.9 Å². The fourth-order valence-corrected chi connectivity index (χ4v) is 3.03. The van der Waals surface area contributed by atoms with Crippen molar-refractivity contribution in [3.05, 3.63) is 53.1 Å². The first-order valence-corrected chi connectivity index (χ1v) is 7.27. The number of benzene rings is 1. The molecule has 1 heterocycles. The topological polar surface area (TPSA) is 84.2 Å². The number of nitrogens with one attached hydrogen (secondary N) is 1. The van der Waals surface area contributed by atoms with Crippen molar-refractivity contribution in [2.24, 2.45) is 7.05 Å². The van der Waals surface area contributed by atoms with E-state index in [0.717, 1.165) is 11.1 Å². The molecule has 3 rings (SSSR count). The number of fused-ring (bicyclic) bond motifs is 1. The molecule has 0 spiro atoms. The van der Waals surface area contributed by atoms with Crippen LogP contribution in [0.25, 0.3) is 0 Å². The minimum Gasteiger partial charge on any atom is -0.479 e. The van der Waals surface area contributed by atoms with Gasteiger partial charge in [0.15, 0.2) is 6.04 Å². The van der Waals surface area contributed by atoms with Crippen molar-refractivity contribution in [1.29, 1.82) is 0 Å². The van der Waals surface area contributed by atoms with E-state index in [9.17, 15) is 19.1 Å². The Kier molecular flexibility index (Phi) is 3.85. The van der Waals surface area contributed by atoms with Crippen LogP contribution >= 0.6 is 0 Å². The smallest absolute Gasteiger partial charge is 0.332 e. The lowest BCUT2D eigenvalue weighted by Gasteiger charge is -2.18. The van der Waals surface area contributed by atoms with Gasteiger partial charge in [0, 0.05) is 13.2 Å². The number of halogens is 1. The van der Waals surface area contributed by atoms with Gasteiger partial charge in [0.05, 0.1) is 11.6 Å². The largest absolute Gasteiger partial charge is 0.479 e. The van der Waals surface area contributed by atoms with E-state index in [1.165, 1.54) is 23.0 Å². The highest BCUT2D eigenvalue weighted by molar-refractivity contribution is 5.89. The second-order valence-corrected chi connectivity index (χ2v) is 5.59. The van der Waals surface area contributed by atoms with Gasteiger partial charge in [-0.15, -0.1) is 0 Å². The summed E-state index contributed by atoms with van der Waals surface area (Å²) in [6, 6.07) is 4.73. The molecular formula is C16H16FN3O3. The van der Waals surface area contributed by atoms with Crippen molar-refractivity contribution in [2.75, 3.05) is 0 Å². The molecule has 1 aliphatic carbocycles. The number of aryl methyl sites for hydroxylation is 2. The monoisotopic (exact) mass is 317 g/mol. The summed E-state index contributed by atoms with van der Waals surface area (Å²) in [5, 5.41) is 15.9. The molecule has 0 fully saturated rings. The van der Waals surface area contributed by atoms with Gasteiger partial charge in [-0.3, -0.25) is 9.48 Å². The van der Waals surface area contributed by atoms with E-state index in [1.807, 2.05) is 0 Å². The molecule has 0 aliphatic heterocycles. The SMILES string of the molecule is Cn1nccc1C(NC(=O)C1CCc2cc(F)ccc21)C(=O)O. The average molecular weight is 317 g/mol. The maximum absolute atomic E-state index is 13.2. The fraction of sp³-hybridized carbons (Fsp3) is 0.312. The van der Waals surface area contributed by atoms with Gasteiger partial charge in [0.2, 0.25) is 5.91 Å². The standard InChI is InChI=1S/C16H16FN3O3/c1-20-13(6-7-18-20)14(16(22)23)19-15(21)12-4-2-9-8-10(17)3-5-11(9)12/h3,5-8,12,14H,2,4H2,1H3,(H,19,21)(H,22,23). The Labute approximate surface area is 131 Å². The van der Waals surface area contributed by atoms with Gasteiger partial charge in [0.25, 0.3) is 0 Å². The molecule has 7 heteroatoms. The third kappa shape index (κ3) is 2.81. The van der Waals surface area contributed by atoms with Gasteiger partial charge in [-0.2, -0.15) is 5.10 Å². The Balaban J connectivity index is 1.82. The first-order valence-electron chi connectivity index (χ1n) is 7.27. The normalized spacial score (nSPS) is 17.6. The number of carbonyl (C=O) groups excluding carboxylic acids is 1. The molecule has 120 valence electrons. The van der Waals surface area contributed by atoms with E-state index in [0.29, 0.717) is 18.5 Å². The molecule has 2 N–H and O–H groups in total. The molecule has 2 atom stereocenters. The van der Waals surface area contributed by atoms with Gasteiger partial charge >= 0.3 is 5.97 Å². The zero-order chi connectivity index (χ0) is 16.6. The lowest BCUT2D eigenvalue weighted by Crippen LogP contribution is -2.37. The van der Waals surface area contributed by atoms with Crippen LogP contribution < -0.4 is 5.32 Å². The van der Waals surface area contributed by atoms with Crippen LogP contribution in [0.5, 0.6) is 0 Å². The zero-order valence-corrected chi connectivity index (χ0v) is 12.5. The summed E-state index contributed by atoms with van der Waals surface area (Å²) in [5.41, 5.74) is 1.96. The predicted octanol–water partition coefficient (Wildman–Crippen LogP) is 1.53. The number of aromatic nitrogens is 2. The summed E-state index contributed by atoms with van der Waals surface area (Å²) in [4.78, 5) is 24.0. The number of carboxylic acids is 1. The molecule has 0 saturated heterocycles. The maximum Gasteiger partial charge on any atom is 0.332 e. The molecule has 1 aromatic carbocycles. The molecule has 6 nitrogen and oxygen atoms in total. The molecule has 1 amide bonds. The Hall–Kier alpha value is -2.70. The van der Waals surface area contributed by atoms with E-state index in [2.05, 4.69) is 10.4 Å². The third-order valence-electron chi connectivity index (χ3n) is 4.19. The summed E-state index contributed by atoms with van der Waals surface area (Å²) in [6.45, 7) is 0. The van der Waals surface area contributed by atoms with Crippen molar-refractivity contribution in [3.63, 3.8) is 0 Å². The van der Waals surface area contributed by atoms with Crippen molar-refractivity contribution in [1.82, 2.24) is 15.1 Å². The number of carbonyl (C=O) groups is 2. The van der Waals surface area contributed by atoms with Crippen molar-refractivity contribution in [3.8, 4) is 0 Å². The summed E-state index contributed by atoms with van der Waals surface area (Å²) in [5.74, 6) is -2.31. The Morgan fingerprint density at radius 2 is 2.22 bits per heavy atom. The predicted molar refractivity (Wildman–Crippen MR) is 79.2 cm³/mol. The molecule has 2 unspecified atom stereocenters. The first kappa shape index (κ1) is 15.2. The second-order valence-electron chi connectivity index (χ2n) is 5.59. The van der Waals surface area contributed by atoms with E-state index in [4.69, 9.17) is 0 Å². The average Bonchev–Trinajstić information content (AvgIpc) is 3.10. The number of aliphatic carboxylic acids is 1. The van der Waals surface area contributed by atoms with Crippen LogP contribution in [0.3, 0.4) is 0 Å². The zero-order valence-electron chi connectivity index (χ0n) is 12.5. The molecular weight excluding hydrogens is 301 g/mol. The summed E-state index contributed by atoms with van der Waals surface area (Å²) in [6.07, 6.45) is 2.63. The minimum absolute atomic E-state index is 0.330. The van der Waals surface area contributed by atoms with E-state index >= 15 is 0 Å². The van der Waals surface area contributed by atoms with Crippen LogP contribution in [-0.4, -0.2) is 26.8 Å². The molecule has 0 radical (unpaired) electrons. The molecule has 2 aromatic rings. The number of amides is 1. The maximum atomic E-state index is 13.2. The van der Waals surface area contributed by atoms with Gasteiger partial charge in [-0.25, -0.2) is 9.18 Å².